The molecule has 28 heavy (non-hydrogen) atoms. The van der Waals surface area contributed by atoms with Gasteiger partial charge in [-0.2, -0.15) is 11.8 Å². The first-order chi connectivity index (χ1) is 13.3. The van der Waals surface area contributed by atoms with Crippen LogP contribution in [0.2, 0.25) is 5.02 Å². The van der Waals surface area contributed by atoms with Gasteiger partial charge in [0.1, 0.15) is 0 Å². The Kier molecular flexibility index (Phi) is 6.70. The Morgan fingerprint density at radius 3 is 2.43 bits per heavy atom. The summed E-state index contributed by atoms with van der Waals surface area (Å²) in [6, 6.07) is 14.0. The lowest BCUT2D eigenvalue weighted by atomic mass is 10.1. The van der Waals surface area contributed by atoms with Gasteiger partial charge in [-0.1, -0.05) is 29.8 Å². The third-order valence-electron chi connectivity index (χ3n) is 4.76. The fourth-order valence-electron chi connectivity index (χ4n) is 3.12. The summed E-state index contributed by atoms with van der Waals surface area (Å²) >= 11 is 8.15. The molecule has 0 N–H and O–H groups in total. The number of sulfonamides is 1. The molecule has 1 fully saturated rings. The molecule has 1 aliphatic heterocycles. The summed E-state index contributed by atoms with van der Waals surface area (Å²) in [4.78, 5) is 14.9. The van der Waals surface area contributed by atoms with Crippen molar-refractivity contribution in [1.29, 1.82) is 0 Å². The predicted octanol–water partition coefficient (Wildman–Crippen LogP) is 3.91. The second-order valence-corrected chi connectivity index (χ2v) is 10.6. The summed E-state index contributed by atoms with van der Waals surface area (Å²) in [5, 5.41) is 1.02. The summed E-state index contributed by atoms with van der Waals surface area (Å²) in [5.74, 6) is 0.753. The number of carbonyl (C=O) groups is 1. The highest BCUT2D eigenvalue weighted by Crippen LogP contribution is 2.38. The predicted molar refractivity (Wildman–Crippen MR) is 114 cm³/mol. The number of nitrogens with zero attached hydrogens (tertiary/aromatic N) is 2. The van der Waals surface area contributed by atoms with E-state index in [0.29, 0.717) is 18.7 Å². The average Bonchev–Trinajstić information content (AvgIpc) is 2.94. The van der Waals surface area contributed by atoms with Gasteiger partial charge in [0.2, 0.25) is 10.0 Å². The summed E-state index contributed by atoms with van der Waals surface area (Å²) < 4.78 is 25.5. The molecule has 2 aromatic carbocycles. The van der Waals surface area contributed by atoms with Crippen LogP contribution in [0.15, 0.2) is 53.4 Å². The van der Waals surface area contributed by atoms with Crippen LogP contribution in [0.5, 0.6) is 0 Å². The van der Waals surface area contributed by atoms with Crippen molar-refractivity contribution in [3.05, 3.63) is 64.7 Å². The Morgan fingerprint density at radius 1 is 1.11 bits per heavy atom. The Balaban J connectivity index is 1.71. The SMILES string of the molecule is CN(C)S(=O)(=O)c1ccc(C(=O)N2CCS[C@@H](c3ccccc3Cl)CC2)cc1. The molecule has 0 spiro atoms. The maximum absolute atomic E-state index is 12.9. The Morgan fingerprint density at radius 2 is 1.79 bits per heavy atom. The molecule has 1 atom stereocenters. The van der Waals surface area contributed by atoms with Gasteiger partial charge in [0.25, 0.3) is 5.91 Å². The topological polar surface area (TPSA) is 57.7 Å². The molecule has 0 aliphatic carbocycles. The number of hydrogen-bond acceptors (Lipinski definition) is 4. The van der Waals surface area contributed by atoms with Crippen LogP contribution in [0, 0.1) is 0 Å². The zero-order valence-electron chi connectivity index (χ0n) is 15.8. The van der Waals surface area contributed by atoms with E-state index >= 15 is 0 Å². The van der Waals surface area contributed by atoms with Crippen LogP contribution >= 0.6 is 23.4 Å². The van der Waals surface area contributed by atoms with Crippen LogP contribution in [0.1, 0.15) is 27.6 Å². The number of amides is 1. The molecule has 1 amide bonds. The minimum absolute atomic E-state index is 0.0748. The molecule has 0 radical (unpaired) electrons. The average molecular weight is 439 g/mol. The van der Waals surface area contributed by atoms with Crippen LogP contribution in [0.4, 0.5) is 0 Å². The first-order valence-corrected chi connectivity index (χ1v) is 11.9. The van der Waals surface area contributed by atoms with Crippen molar-refractivity contribution in [2.45, 2.75) is 16.6 Å². The quantitative estimate of drug-likeness (QED) is 0.726. The molecule has 3 rings (SSSR count). The molecule has 8 heteroatoms. The summed E-state index contributed by atoms with van der Waals surface area (Å²) in [7, 11) is -0.530. The van der Waals surface area contributed by atoms with Gasteiger partial charge in [-0.15, -0.1) is 0 Å². The molecule has 1 saturated heterocycles. The lowest BCUT2D eigenvalue weighted by molar-refractivity contribution is 0.0766. The molecule has 150 valence electrons. The van der Waals surface area contributed by atoms with Gasteiger partial charge >= 0.3 is 0 Å². The highest BCUT2D eigenvalue weighted by molar-refractivity contribution is 7.99. The van der Waals surface area contributed by atoms with E-state index < -0.39 is 10.0 Å². The second-order valence-electron chi connectivity index (χ2n) is 6.77. The zero-order chi connectivity index (χ0) is 20.3. The minimum atomic E-state index is -3.50. The molecule has 1 aliphatic rings. The van der Waals surface area contributed by atoms with E-state index in [1.54, 1.807) is 12.1 Å². The van der Waals surface area contributed by atoms with E-state index in [9.17, 15) is 13.2 Å². The van der Waals surface area contributed by atoms with Crippen LogP contribution in [-0.2, 0) is 10.0 Å². The van der Waals surface area contributed by atoms with E-state index in [1.165, 1.54) is 26.2 Å². The van der Waals surface area contributed by atoms with Gasteiger partial charge in [0.05, 0.1) is 4.90 Å². The van der Waals surface area contributed by atoms with Gasteiger partial charge in [-0.05, 0) is 42.3 Å². The smallest absolute Gasteiger partial charge is 0.253 e. The number of rotatable bonds is 4. The minimum Gasteiger partial charge on any atom is -0.338 e. The van der Waals surface area contributed by atoms with Crippen LogP contribution in [-0.4, -0.2) is 56.5 Å². The van der Waals surface area contributed by atoms with E-state index in [2.05, 4.69) is 0 Å². The number of carbonyl (C=O) groups excluding carboxylic acids is 1. The Labute approximate surface area is 175 Å². The van der Waals surface area contributed by atoms with Crippen molar-refractivity contribution < 1.29 is 13.2 Å². The Bertz CT molecular complexity index is 946. The standard InChI is InChI=1S/C20H23ClN2O3S2/c1-22(2)28(25,26)16-9-7-15(8-10-16)20(24)23-12-11-19(27-14-13-23)17-5-3-4-6-18(17)21/h3-10,19H,11-14H2,1-2H3/t19-/m1/s1. The van der Waals surface area contributed by atoms with Gasteiger partial charge in [-0.3, -0.25) is 4.79 Å². The molecule has 2 aromatic rings. The van der Waals surface area contributed by atoms with Gasteiger partial charge in [0.15, 0.2) is 0 Å². The molecule has 1 heterocycles. The summed E-state index contributed by atoms with van der Waals surface area (Å²) in [5.41, 5.74) is 1.61. The number of halogens is 1. The first-order valence-electron chi connectivity index (χ1n) is 8.98. The van der Waals surface area contributed by atoms with Crippen LogP contribution in [0.25, 0.3) is 0 Å². The van der Waals surface area contributed by atoms with Crippen molar-refractivity contribution in [2.24, 2.45) is 0 Å². The maximum Gasteiger partial charge on any atom is 0.253 e. The fraction of sp³-hybridized carbons (Fsp3) is 0.350. The van der Waals surface area contributed by atoms with Crippen molar-refractivity contribution in [2.75, 3.05) is 32.9 Å². The van der Waals surface area contributed by atoms with E-state index in [1.807, 2.05) is 40.9 Å². The molecular weight excluding hydrogens is 416 g/mol. The Hall–Kier alpha value is -1.54. The summed E-state index contributed by atoms with van der Waals surface area (Å²) in [6.07, 6.45) is 0.827. The molecule has 0 aromatic heterocycles. The van der Waals surface area contributed by atoms with E-state index in [0.717, 1.165) is 27.1 Å². The largest absolute Gasteiger partial charge is 0.338 e. The number of benzene rings is 2. The second kappa shape index (κ2) is 8.86. The molecule has 0 bridgehead atoms. The highest BCUT2D eigenvalue weighted by Gasteiger charge is 2.24. The van der Waals surface area contributed by atoms with Gasteiger partial charge < -0.3 is 4.90 Å². The van der Waals surface area contributed by atoms with E-state index in [4.69, 9.17) is 11.6 Å². The van der Waals surface area contributed by atoms with Gasteiger partial charge in [-0.25, -0.2) is 12.7 Å². The monoisotopic (exact) mass is 438 g/mol. The zero-order valence-corrected chi connectivity index (χ0v) is 18.2. The lowest BCUT2D eigenvalue weighted by Crippen LogP contribution is -2.33. The van der Waals surface area contributed by atoms with Crippen LogP contribution in [0.3, 0.4) is 0 Å². The fourth-order valence-corrected chi connectivity index (χ4v) is 5.62. The third kappa shape index (κ3) is 4.54. The highest BCUT2D eigenvalue weighted by atomic mass is 35.5. The van der Waals surface area contributed by atoms with Gasteiger partial charge in [0, 0.05) is 48.8 Å². The molecular formula is C20H23ClN2O3S2. The number of thioether (sulfide) groups is 1. The van der Waals surface area contributed by atoms with Crippen LogP contribution < -0.4 is 0 Å². The normalized spacial score (nSPS) is 18.1. The lowest BCUT2D eigenvalue weighted by Gasteiger charge is -2.21. The summed E-state index contributed by atoms with van der Waals surface area (Å²) in [6.45, 7) is 1.29. The van der Waals surface area contributed by atoms with Crippen molar-refractivity contribution >= 4 is 39.3 Å². The van der Waals surface area contributed by atoms with Crippen molar-refractivity contribution in [3.8, 4) is 0 Å². The maximum atomic E-state index is 12.9. The molecule has 0 saturated carbocycles. The van der Waals surface area contributed by atoms with E-state index in [-0.39, 0.29) is 16.1 Å². The number of hydrogen-bond donors (Lipinski definition) is 0. The molecule has 5 nitrogen and oxygen atoms in total. The van der Waals surface area contributed by atoms with Crippen molar-refractivity contribution in [3.63, 3.8) is 0 Å². The first kappa shape index (κ1) is 21.2. The van der Waals surface area contributed by atoms with Crippen molar-refractivity contribution in [1.82, 2.24) is 9.21 Å². The molecule has 0 unspecified atom stereocenters. The third-order valence-corrected chi connectivity index (χ3v) is 8.24.